The summed E-state index contributed by atoms with van der Waals surface area (Å²) in [7, 11) is 0. The van der Waals surface area contributed by atoms with Crippen LogP contribution in [0.1, 0.15) is 52.0 Å². The largest absolute Gasteiger partial charge is 0.478 e. The van der Waals surface area contributed by atoms with E-state index in [1.807, 2.05) is 18.2 Å². The molecule has 0 heterocycles. The highest BCUT2D eigenvalue weighted by molar-refractivity contribution is 5.90. The molecule has 4 nitrogen and oxygen atoms in total. The monoisotopic (exact) mass is 304 g/mol. The van der Waals surface area contributed by atoms with Crippen molar-refractivity contribution in [2.75, 3.05) is 23.7 Å². The van der Waals surface area contributed by atoms with Gasteiger partial charge >= 0.3 is 5.97 Å². The van der Waals surface area contributed by atoms with Gasteiger partial charge in [0.15, 0.2) is 0 Å². The summed E-state index contributed by atoms with van der Waals surface area (Å²) in [6.07, 6.45) is 5.80. The summed E-state index contributed by atoms with van der Waals surface area (Å²) in [5.74, 6) is -0.937. The second-order valence-corrected chi connectivity index (χ2v) is 5.63. The van der Waals surface area contributed by atoms with Gasteiger partial charge in [0.1, 0.15) is 0 Å². The average molecular weight is 304 g/mol. The zero-order valence-electron chi connectivity index (χ0n) is 13.9. The predicted molar refractivity (Wildman–Crippen MR) is 94.2 cm³/mol. The van der Waals surface area contributed by atoms with Gasteiger partial charge in [-0.05, 0) is 43.0 Å². The molecule has 0 amide bonds. The summed E-state index contributed by atoms with van der Waals surface area (Å²) in [5, 5.41) is 8.84. The first-order valence-electron chi connectivity index (χ1n) is 8.05. The molecule has 1 aromatic carbocycles. The van der Waals surface area contributed by atoms with Gasteiger partial charge in [-0.1, -0.05) is 32.8 Å². The van der Waals surface area contributed by atoms with Crippen LogP contribution < -0.4 is 10.6 Å². The lowest BCUT2D eigenvalue weighted by Crippen LogP contribution is -2.26. The Morgan fingerprint density at radius 1 is 1.23 bits per heavy atom. The van der Waals surface area contributed by atoms with Crippen LogP contribution in [0.3, 0.4) is 0 Å². The number of benzene rings is 1. The number of carboxylic acids is 1. The van der Waals surface area contributed by atoms with Crippen molar-refractivity contribution < 1.29 is 9.90 Å². The summed E-state index contributed by atoms with van der Waals surface area (Å²) >= 11 is 0. The molecule has 0 saturated carbocycles. The molecule has 3 N–H and O–H groups in total. The van der Waals surface area contributed by atoms with Gasteiger partial charge < -0.3 is 15.7 Å². The van der Waals surface area contributed by atoms with Crippen molar-refractivity contribution in [3.63, 3.8) is 0 Å². The van der Waals surface area contributed by atoms with E-state index in [0.717, 1.165) is 50.0 Å². The highest BCUT2D eigenvalue weighted by Gasteiger charge is 2.10. The maximum absolute atomic E-state index is 10.8. The molecular formula is C18H28N2O2. The Balaban J connectivity index is 3.00. The molecule has 0 atom stereocenters. The van der Waals surface area contributed by atoms with Crippen LogP contribution in [0.15, 0.2) is 24.3 Å². The molecule has 0 aliphatic rings. The highest BCUT2D eigenvalue weighted by Crippen LogP contribution is 2.28. The fourth-order valence-corrected chi connectivity index (χ4v) is 2.41. The van der Waals surface area contributed by atoms with E-state index in [9.17, 15) is 4.79 Å². The Bertz CT molecular complexity index is 516. The normalized spacial score (nSPS) is 11.5. The number of hydrogen-bond acceptors (Lipinski definition) is 3. The van der Waals surface area contributed by atoms with E-state index in [4.69, 9.17) is 10.8 Å². The fraction of sp³-hybridized carbons (Fsp3) is 0.500. The Morgan fingerprint density at radius 2 is 1.82 bits per heavy atom. The van der Waals surface area contributed by atoms with E-state index < -0.39 is 5.97 Å². The Morgan fingerprint density at radius 3 is 2.27 bits per heavy atom. The highest BCUT2D eigenvalue weighted by atomic mass is 16.4. The number of hydrogen-bond donors (Lipinski definition) is 2. The van der Waals surface area contributed by atoms with Gasteiger partial charge in [-0.25, -0.2) is 4.79 Å². The quantitative estimate of drug-likeness (QED) is 0.531. The van der Waals surface area contributed by atoms with E-state index >= 15 is 0 Å². The van der Waals surface area contributed by atoms with Crippen LogP contribution in [0, 0.1) is 0 Å². The first-order valence-corrected chi connectivity index (χ1v) is 8.05. The first kappa shape index (κ1) is 18.1. The third-order valence-electron chi connectivity index (χ3n) is 3.73. The van der Waals surface area contributed by atoms with Crippen molar-refractivity contribution in [3.05, 3.63) is 29.8 Å². The Kier molecular flexibility index (Phi) is 7.50. The summed E-state index contributed by atoms with van der Waals surface area (Å²) in [5.41, 5.74) is 9.54. The molecule has 0 spiro atoms. The third kappa shape index (κ3) is 5.43. The summed E-state index contributed by atoms with van der Waals surface area (Å²) in [6, 6.07) is 5.83. The number of rotatable bonds is 9. The molecule has 0 aliphatic carbocycles. The van der Waals surface area contributed by atoms with E-state index in [2.05, 4.69) is 18.7 Å². The lowest BCUT2D eigenvalue weighted by molar-refractivity contribution is -0.131. The SMILES string of the molecule is CCCCN(CCCC)c1ccc(/C(C)=C/C(=O)O)cc1N. The molecule has 0 radical (unpaired) electrons. The van der Waals surface area contributed by atoms with E-state index in [-0.39, 0.29) is 0 Å². The van der Waals surface area contributed by atoms with Gasteiger partial charge in [0.2, 0.25) is 0 Å². The molecule has 0 unspecified atom stereocenters. The van der Waals surface area contributed by atoms with Crippen LogP contribution in [0.25, 0.3) is 5.57 Å². The number of nitrogens with two attached hydrogens (primary N) is 1. The number of unbranched alkanes of at least 4 members (excludes halogenated alkanes) is 2. The molecule has 0 bridgehead atoms. The lowest BCUT2D eigenvalue weighted by Gasteiger charge is -2.26. The van der Waals surface area contributed by atoms with Crippen LogP contribution >= 0.6 is 0 Å². The molecule has 122 valence electrons. The van der Waals surface area contributed by atoms with Gasteiger partial charge in [-0.2, -0.15) is 0 Å². The first-order chi connectivity index (χ1) is 10.5. The predicted octanol–water partition coefficient (Wildman–Crippen LogP) is 4.16. The van der Waals surface area contributed by atoms with E-state index in [0.29, 0.717) is 11.3 Å². The molecule has 4 heteroatoms. The third-order valence-corrected chi connectivity index (χ3v) is 3.73. The topological polar surface area (TPSA) is 66.6 Å². The minimum atomic E-state index is -0.937. The van der Waals surface area contributed by atoms with Gasteiger partial charge in [0.25, 0.3) is 0 Å². The minimum absolute atomic E-state index is 0.708. The molecule has 0 saturated heterocycles. The number of aliphatic carboxylic acids is 1. The second kappa shape index (κ2) is 9.13. The van der Waals surface area contributed by atoms with Crippen LogP contribution in [0.4, 0.5) is 11.4 Å². The molecule has 0 aromatic heterocycles. The number of anilines is 2. The van der Waals surface area contributed by atoms with Crippen molar-refractivity contribution in [1.29, 1.82) is 0 Å². The molecular weight excluding hydrogens is 276 g/mol. The van der Waals surface area contributed by atoms with Gasteiger partial charge in [-0.3, -0.25) is 0 Å². The van der Waals surface area contributed by atoms with Crippen molar-refractivity contribution in [3.8, 4) is 0 Å². The van der Waals surface area contributed by atoms with Gasteiger partial charge in [0.05, 0.1) is 11.4 Å². The van der Waals surface area contributed by atoms with Crippen LogP contribution in [0.5, 0.6) is 0 Å². The number of carbonyl (C=O) groups is 1. The summed E-state index contributed by atoms with van der Waals surface area (Å²) in [4.78, 5) is 13.1. The van der Waals surface area contributed by atoms with Crippen molar-refractivity contribution in [2.45, 2.75) is 46.5 Å². The average Bonchev–Trinajstić information content (AvgIpc) is 2.47. The van der Waals surface area contributed by atoms with Crippen LogP contribution in [0.2, 0.25) is 0 Å². The summed E-state index contributed by atoms with van der Waals surface area (Å²) < 4.78 is 0. The second-order valence-electron chi connectivity index (χ2n) is 5.63. The van der Waals surface area contributed by atoms with Crippen LogP contribution in [-0.4, -0.2) is 24.2 Å². The zero-order chi connectivity index (χ0) is 16.5. The molecule has 1 aromatic rings. The number of carboxylic acid groups (broad SMARTS) is 1. The molecule has 1 rings (SSSR count). The molecule has 22 heavy (non-hydrogen) atoms. The lowest BCUT2D eigenvalue weighted by atomic mass is 10.0. The van der Waals surface area contributed by atoms with Crippen LogP contribution in [-0.2, 0) is 4.79 Å². The van der Waals surface area contributed by atoms with Gasteiger partial charge in [-0.15, -0.1) is 0 Å². The van der Waals surface area contributed by atoms with Gasteiger partial charge in [0, 0.05) is 19.2 Å². The smallest absolute Gasteiger partial charge is 0.328 e. The fourth-order valence-electron chi connectivity index (χ4n) is 2.41. The number of nitrogen functional groups attached to an aromatic ring is 1. The van der Waals surface area contributed by atoms with E-state index in [1.54, 1.807) is 6.92 Å². The molecule has 0 aliphatic heterocycles. The standard InChI is InChI=1S/C18H28N2O2/c1-4-6-10-20(11-7-5-2)17-9-8-15(13-16(17)19)14(3)12-18(21)22/h8-9,12-13H,4-7,10-11,19H2,1-3H3,(H,21,22)/b14-12+. The maximum Gasteiger partial charge on any atom is 0.328 e. The maximum atomic E-state index is 10.8. The van der Waals surface area contributed by atoms with Crippen molar-refractivity contribution >= 4 is 22.9 Å². The Hall–Kier alpha value is -1.97. The minimum Gasteiger partial charge on any atom is -0.478 e. The van der Waals surface area contributed by atoms with E-state index in [1.165, 1.54) is 6.08 Å². The molecule has 0 fully saturated rings. The Labute approximate surface area is 133 Å². The van der Waals surface area contributed by atoms with Crippen molar-refractivity contribution in [2.24, 2.45) is 0 Å². The van der Waals surface area contributed by atoms with Crippen molar-refractivity contribution in [1.82, 2.24) is 0 Å². The number of allylic oxidation sites excluding steroid dienone is 1. The number of nitrogens with zero attached hydrogens (tertiary/aromatic N) is 1. The summed E-state index contributed by atoms with van der Waals surface area (Å²) in [6.45, 7) is 8.16. The zero-order valence-corrected chi connectivity index (χ0v) is 13.9.